The standard InChI is InChI=1S/C3H6N4.ClH/c4-7-6-3-1-5-2-3;/h3,5H,1-2H2;1H. The first-order valence-corrected chi connectivity index (χ1v) is 2.18. The highest BCUT2D eigenvalue weighted by atomic mass is 35.5. The van der Waals surface area contributed by atoms with Gasteiger partial charge in [0.1, 0.15) is 0 Å². The normalized spacial score (nSPS) is 17.5. The molecule has 1 heterocycles. The van der Waals surface area contributed by atoms with Crippen LogP contribution in [-0.4, -0.2) is 19.1 Å². The van der Waals surface area contributed by atoms with Crippen molar-refractivity contribution in [3.05, 3.63) is 10.4 Å². The predicted octanol–water partition coefficient (Wildman–Crippen LogP) is 0.690. The summed E-state index contributed by atoms with van der Waals surface area (Å²) in [6.45, 7) is 1.70. The molecule has 1 saturated heterocycles. The van der Waals surface area contributed by atoms with E-state index in [0.717, 1.165) is 13.1 Å². The van der Waals surface area contributed by atoms with Crippen LogP contribution in [0.25, 0.3) is 10.4 Å². The molecular weight excluding hydrogens is 128 g/mol. The molecular formula is C3H7ClN4. The molecule has 46 valence electrons. The number of halogens is 1. The second-order valence-corrected chi connectivity index (χ2v) is 1.52. The quantitative estimate of drug-likeness (QED) is 0.320. The maximum Gasteiger partial charge on any atom is 0.0623 e. The van der Waals surface area contributed by atoms with Crippen molar-refractivity contribution < 1.29 is 0 Å². The second-order valence-electron chi connectivity index (χ2n) is 1.52. The van der Waals surface area contributed by atoms with Gasteiger partial charge in [-0.05, 0) is 5.53 Å². The number of rotatable bonds is 1. The van der Waals surface area contributed by atoms with Crippen molar-refractivity contribution in [3.8, 4) is 0 Å². The van der Waals surface area contributed by atoms with Crippen LogP contribution in [0.2, 0.25) is 0 Å². The van der Waals surface area contributed by atoms with Gasteiger partial charge in [0.15, 0.2) is 0 Å². The van der Waals surface area contributed by atoms with Crippen LogP contribution in [0.5, 0.6) is 0 Å². The smallest absolute Gasteiger partial charge is 0.0623 e. The summed E-state index contributed by atoms with van der Waals surface area (Å²) in [4.78, 5) is 2.64. The van der Waals surface area contributed by atoms with Gasteiger partial charge in [0.05, 0.1) is 6.04 Å². The minimum Gasteiger partial charge on any atom is -0.316 e. The molecule has 8 heavy (non-hydrogen) atoms. The van der Waals surface area contributed by atoms with Gasteiger partial charge in [0, 0.05) is 18.0 Å². The lowest BCUT2D eigenvalue weighted by Crippen LogP contribution is -2.45. The first-order chi connectivity index (χ1) is 3.43. The maximum atomic E-state index is 7.83. The number of azide groups is 1. The molecule has 0 aliphatic carbocycles. The van der Waals surface area contributed by atoms with E-state index < -0.39 is 0 Å². The maximum absolute atomic E-state index is 7.83. The zero-order chi connectivity index (χ0) is 5.11. The molecule has 0 amide bonds. The molecule has 1 N–H and O–H groups in total. The average molecular weight is 135 g/mol. The summed E-state index contributed by atoms with van der Waals surface area (Å²) in [7, 11) is 0. The van der Waals surface area contributed by atoms with Gasteiger partial charge in [0.25, 0.3) is 0 Å². The third kappa shape index (κ3) is 1.58. The molecule has 0 unspecified atom stereocenters. The predicted molar refractivity (Wildman–Crippen MR) is 33.1 cm³/mol. The summed E-state index contributed by atoms with van der Waals surface area (Å²) in [5, 5.41) is 6.43. The largest absolute Gasteiger partial charge is 0.316 e. The van der Waals surface area contributed by atoms with Gasteiger partial charge in [-0.1, -0.05) is 5.11 Å². The molecule has 4 nitrogen and oxygen atoms in total. The van der Waals surface area contributed by atoms with E-state index in [1.54, 1.807) is 0 Å². The molecule has 0 aromatic heterocycles. The monoisotopic (exact) mass is 134 g/mol. The number of hydrogen-bond donors (Lipinski definition) is 1. The van der Waals surface area contributed by atoms with E-state index in [1.807, 2.05) is 0 Å². The molecule has 1 rings (SSSR count). The van der Waals surface area contributed by atoms with Crippen LogP contribution in [-0.2, 0) is 0 Å². The van der Waals surface area contributed by atoms with E-state index in [0.29, 0.717) is 0 Å². The van der Waals surface area contributed by atoms with Crippen molar-refractivity contribution >= 4 is 12.4 Å². The lowest BCUT2D eigenvalue weighted by atomic mass is 10.2. The molecule has 0 radical (unpaired) electrons. The van der Waals surface area contributed by atoms with Gasteiger partial charge in [-0.3, -0.25) is 0 Å². The summed E-state index contributed by atoms with van der Waals surface area (Å²) < 4.78 is 0. The third-order valence-electron chi connectivity index (χ3n) is 0.975. The molecule has 1 aliphatic heterocycles. The fraction of sp³-hybridized carbons (Fsp3) is 1.00. The minimum absolute atomic E-state index is 0. The van der Waals surface area contributed by atoms with Crippen LogP contribution in [0.15, 0.2) is 5.11 Å². The summed E-state index contributed by atoms with van der Waals surface area (Å²) >= 11 is 0. The van der Waals surface area contributed by atoms with E-state index >= 15 is 0 Å². The van der Waals surface area contributed by atoms with Gasteiger partial charge in [-0.2, -0.15) is 0 Å². The highest BCUT2D eigenvalue weighted by Gasteiger charge is 2.12. The lowest BCUT2D eigenvalue weighted by molar-refractivity contribution is 0.444. The Morgan fingerprint density at radius 3 is 2.38 bits per heavy atom. The van der Waals surface area contributed by atoms with Crippen LogP contribution >= 0.6 is 12.4 Å². The van der Waals surface area contributed by atoms with E-state index in [1.165, 1.54) is 0 Å². The highest BCUT2D eigenvalue weighted by molar-refractivity contribution is 5.85. The van der Waals surface area contributed by atoms with E-state index in [2.05, 4.69) is 15.3 Å². The summed E-state index contributed by atoms with van der Waals surface area (Å²) in [6.07, 6.45) is 0. The Morgan fingerprint density at radius 1 is 1.62 bits per heavy atom. The van der Waals surface area contributed by atoms with Crippen molar-refractivity contribution in [1.29, 1.82) is 0 Å². The molecule has 0 bridgehead atoms. The van der Waals surface area contributed by atoms with Crippen molar-refractivity contribution in [1.82, 2.24) is 5.32 Å². The van der Waals surface area contributed by atoms with Gasteiger partial charge >= 0.3 is 0 Å². The number of nitrogens with zero attached hydrogens (tertiary/aromatic N) is 3. The molecule has 0 aromatic carbocycles. The topological polar surface area (TPSA) is 60.8 Å². The lowest BCUT2D eigenvalue weighted by Gasteiger charge is -2.21. The van der Waals surface area contributed by atoms with Crippen LogP contribution in [0, 0.1) is 0 Å². The van der Waals surface area contributed by atoms with Crippen LogP contribution < -0.4 is 5.32 Å². The highest BCUT2D eigenvalue weighted by Crippen LogP contribution is 1.95. The molecule has 5 heteroatoms. The Balaban J connectivity index is 0.000000490. The number of nitrogens with one attached hydrogen (secondary N) is 1. The first kappa shape index (κ1) is 7.56. The Morgan fingerprint density at radius 2 is 2.25 bits per heavy atom. The fourth-order valence-electron chi connectivity index (χ4n) is 0.428. The Hall–Kier alpha value is -0.440. The van der Waals surface area contributed by atoms with Crippen LogP contribution in [0.3, 0.4) is 0 Å². The first-order valence-electron chi connectivity index (χ1n) is 2.18. The fourth-order valence-corrected chi connectivity index (χ4v) is 0.428. The summed E-state index contributed by atoms with van der Waals surface area (Å²) in [5.74, 6) is 0. The van der Waals surface area contributed by atoms with Gasteiger partial charge in [-0.15, -0.1) is 12.4 Å². The van der Waals surface area contributed by atoms with Crippen molar-refractivity contribution in [2.75, 3.05) is 13.1 Å². The number of hydrogen-bond acceptors (Lipinski definition) is 2. The van der Waals surface area contributed by atoms with Gasteiger partial charge in [0.2, 0.25) is 0 Å². The Labute approximate surface area is 53.3 Å². The van der Waals surface area contributed by atoms with E-state index in [-0.39, 0.29) is 18.4 Å². The average Bonchev–Trinajstić information content (AvgIpc) is 1.55. The molecule has 0 saturated carbocycles. The molecule has 1 fully saturated rings. The summed E-state index contributed by atoms with van der Waals surface area (Å²) in [5.41, 5.74) is 7.83. The van der Waals surface area contributed by atoms with Gasteiger partial charge < -0.3 is 5.32 Å². The molecule has 0 spiro atoms. The van der Waals surface area contributed by atoms with Crippen molar-refractivity contribution in [2.45, 2.75) is 6.04 Å². The van der Waals surface area contributed by atoms with Crippen molar-refractivity contribution in [2.24, 2.45) is 5.11 Å². The molecule has 1 aliphatic rings. The second kappa shape index (κ2) is 3.55. The van der Waals surface area contributed by atoms with Crippen LogP contribution in [0.1, 0.15) is 0 Å². The van der Waals surface area contributed by atoms with Gasteiger partial charge in [-0.25, -0.2) is 0 Å². The third-order valence-corrected chi connectivity index (χ3v) is 0.975. The zero-order valence-electron chi connectivity index (χ0n) is 4.24. The SMILES string of the molecule is Cl.[N-]=[N+]=NC1CNC1. The molecule has 0 atom stereocenters. The van der Waals surface area contributed by atoms with E-state index in [4.69, 9.17) is 5.53 Å². The van der Waals surface area contributed by atoms with Crippen LogP contribution in [0.4, 0.5) is 0 Å². The molecule has 0 aromatic rings. The summed E-state index contributed by atoms with van der Waals surface area (Å²) in [6, 6.07) is 0.227. The van der Waals surface area contributed by atoms with Crippen molar-refractivity contribution in [3.63, 3.8) is 0 Å². The Bertz CT molecular complexity index is 104. The van der Waals surface area contributed by atoms with E-state index in [9.17, 15) is 0 Å². The Kier molecular flexibility index (Phi) is 3.35. The minimum atomic E-state index is 0. The zero-order valence-corrected chi connectivity index (χ0v) is 5.06.